The summed E-state index contributed by atoms with van der Waals surface area (Å²) in [7, 11) is 0. The molecule has 0 bridgehead atoms. The van der Waals surface area contributed by atoms with Crippen molar-refractivity contribution in [1.82, 2.24) is 4.57 Å². The van der Waals surface area contributed by atoms with E-state index < -0.39 is 0 Å². The predicted molar refractivity (Wildman–Crippen MR) is 171 cm³/mol. The molecule has 1 aliphatic rings. The van der Waals surface area contributed by atoms with Crippen LogP contribution in [0.2, 0.25) is 0 Å². The first-order chi connectivity index (χ1) is 20.1. The molecule has 2 aromatic heterocycles. The second-order valence-electron chi connectivity index (χ2n) is 11.7. The Morgan fingerprint density at radius 1 is 0.561 bits per heavy atom. The maximum Gasteiger partial charge on any atom is 0.135 e. The van der Waals surface area contributed by atoms with Crippen LogP contribution in [-0.2, 0) is 5.41 Å². The Balaban J connectivity index is 1.50. The van der Waals surface area contributed by atoms with Crippen LogP contribution in [-0.4, -0.2) is 4.57 Å². The van der Waals surface area contributed by atoms with Crippen molar-refractivity contribution in [2.24, 2.45) is 0 Å². The third kappa shape index (κ3) is 2.97. The average molecular weight is 526 g/mol. The van der Waals surface area contributed by atoms with Crippen molar-refractivity contribution >= 4 is 43.7 Å². The number of hydrogen-bond donors (Lipinski definition) is 0. The van der Waals surface area contributed by atoms with Crippen LogP contribution in [0.25, 0.3) is 71.7 Å². The lowest BCUT2D eigenvalue weighted by Crippen LogP contribution is -2.15. The molecule has 9 rings (SSSR count). The van der Waals surface area contributed by atoms with Gasteiger partial charge in [0.2, 0.25) is 0 Å². The minimum Gasteiger partial charge on any atom is -0.456 e. The zero-order valence-corrected chi connectivity index (χ0v) is 23.0. The van der Waals surface area contributed by atoms with Gasteiger partial charge in [0.25, 0.3) is 0 Å². The van der Waals surface area contributed by atoms with Gasteiger partial charge in [-0.15, -0.1) is 0 Å². The molecule has 1 aliphatic carbocycles. The Kier molecular flexibility index (Phi) is 4.42. The third-order valence-electron chi connectivity index (χ3n) is 9.18. The van der Waals surface area contributed by atoms with Crippen molar-refractivity contribution in [3.05, 3.63) is 139 Å². The van der Waals surface area contributed by atoms with Crippen molar-refractivity contribution < 1.29 is 4.42 Å². The zero-order chi connectivity index (χ0) is 27.3. The highest BCUT2D eigenvalue weighted by Gasteiger charge is 2.38. The van der Waals surface area contributed by atoms with E-state index in [4.69, 9.17) is 4.42 Å². The van der Waals surface area contributed by atoms with Gasteiger partial charge in [-0.2, -0.15) is 0 Å². The van der Waals surface area contributed by atoms with E-state index in [-0.39, 0.29) is 5.41 Å². The van der Waals surface area contributed by atoms with Gasteiger partial charge in [0.15, 0.2) is 0 Å². The lowest BCUT2D eigenvalue weighted by atomic mass is 9.81. The molecule has 2 heterocycles. The summed E-state index contributed by atoms with van der Waals surface area (Å²) in [6.07, 6.45) is 0. The number of fused-ring (bicyclic) bond motifs is 10. The van der Waals surface area contributed by atoms with Crippen LogP contribution >= 0.6 is 0 Å². The second kappa shape index (κ2) is 7.99. The zero-order valence-electron chi connectivity index (χ0n) is 23.0. The quantitative estimate of drug-likeness (QED) is 0.219. The molecule has 0 aliphatic heterocycles. The first-order valence-corrected chi connectivity index (χ1v) is 14.3. The molecular formula is C39H27NO. The Labute approximate surface area is 238 Å². The maximum atomic E-state index is 6.21. The highest BCUT2D eigenvalue weighted by Crippen LogP contribution is 2.55. The average Bonchev–Trinajstić information content (AvgIpc) is 3.63. The van der Waals surface area contributed by atoms with E-state index in [9.17, 15) is 0 Å². The summed E-state index contributed by atoms with van der Waals surface area (Å²) < 4.78 is 8.69. The molecule has 0 spiro atoms. The van der Waals surface area contributed by atoms with Crippen molar-refractivity contribution in [1.29, 1.82) is 0 Å². The standard InChI is InChI=1S/C39H27NO/c1-39(2)31-17-9-6-15-27(31)37-32(39)23-29(24-20-21-35-30(22-24)26-14-8-11-19-34(26)41-35)36-28-16-7-10-18-33(28)40(38(36)37)25-12-4-3-5-13-25/h3-23H,1-2H3. The van der Waals surface area contributed by atoms with Crippen molar-refractivity contribution in [3.8, 4) is 27.9 Å². The van der Waals surface area contributed by atoms with E-state index in [0.717, 1.165) is 21.9 Å². The van der Waals surface area contributed by atoms with Crippen molar-refractivity contribution in [2.75, 3.05) is 0 Å². The number of nitrogens with zero attached hydrogens (tertiary/aromatic N) is 1. The first kappa shape index (κ1) is 22.7. The normalized spacial score (nSPS) is 13.8. The Morgan fingerprint density at radius 3 is 2.15 bits per heavy atom. The topological polar surface area (TPSA) is 18.1 Å². The number of para-hydroxylation sites is 3. The highest BCUT2D eigenvalue weighted by molar-refractivity contribution is 6.21. The van der Waals surface area contributed by atoms with E-state index >= 15 is 0 Å². The van der Waals surface area contributed by atoms with E-state index in [2.05, 4.69) is 140 Å². The summed E-state index contributed by atoms with van der Waals surface area (Å²) >= 11 is 0. The van der Waals surface area contributed by atoms with Crippen LogP contribution in [0.15, 0.2) is 132 Å². The van der Waals surface area contributed by atoms with E-state index in [1.807, 2.05) is 6.07 Å². The SMILES string of the molecule is CC1(C)c2ccccc2-c2c1cc(-c1ccc3oc4ccccc4c3c1)c1c3ccccc3n(-c3ccccc3)c21. The minimum absolute atomic E-state index is 0.126. The molecule has 8 aromatic rings. The van der Waals surface area contributed by atoms with Crippen LogP contribution in [0, 0.1) is 0 Å². The molecule has 0 saturated heterocycles. The van der Waals surface area contributed by atoms with E-state index in [1.165, 1.54) is 60.9 Å². The van der Waals surface area contributed by atoms with Crippen molar-refractivity contribution in [3.63, 3.8) is 0 Å². The summed E-state index contributed by atoms with van der Waals surface area (Å²) in [5.74, 6) is 0. The molecule has 0 radical (unpaired) electrons. The van der Waals surface area contributed by atoms with Gasteiger partial charge in [-0.3, -0.25) is 0 Å². The van der Waals surface area contributed by atoms with Crippen LogP contribution in [0.4, 0.5) is 0 Å². The Morgan fingerprint density at radius 2 is 1.27 bits per heavy atom. The third-order valence-corrected chi connectivity index (χ3v) is 9.18. The van der Waals surface area contributed by atoms with E-state index in [1.54, 1.807) is 0 Å². The van der Waals surface area contributed by atoms with Gasteiger partial charge >= 0.3 is 0 Å². The lowest BCUT2D eigenvalue weighted by molar-refractivity contribution is 0.661. The van der Waals surface area contributed by atoms with Gasteiger partial charge < -0.3 is 8.98 Å². The molecule has 0 atom stereocenters. The number of rotatable bonds is 2. The first-order valence-electron chi connectivity index (χ1n) is 14.3. The summed E-state index contributed by atoms with van der Waals surface area (Å²) in [4.78, 5) is 0. The van der Waals surface area contributed by atoms with Crippen molar-refractivity contribution in [2.45, 2.75) is 19.3 Å². The molecule has 0 unspecified atom stereocenters. The Bertz CT molecular complexity index is 2330. The number of aromatic nitrogens is 1. The summed E-state index contributed by atoms with van der Waals surface area (Å²) in [6, 6.07) is 46.1. The smallest absolute Gasteiger partial charge is 0.135 e. The maximum absolute atomic E-state index is 6.21. The fourth-order valence-corrected chi connectivity index (χ4v) is 7.29. The fourth-order valence-electron chi connectivity index (χ4n) is 7.29. The van der Waals surface area contributed by atoms with Gasteiger partial charge in [-0.05, 0) is 70.3 Å². The molecule has 0 fully saturated rings. The van der Waals surface area contributed by atoms with Gasteiger partial charge in [0, 0.05) is 38.2 Å². The second-order valence-corrected chi connectivity index (χ2v) is 11.7. The summed E-state index contributed by atoms with van der Waals surface area (Å²) in [6.45, 7) is 4.74. The molecule has 41 heavy (non-hydrogen) atoms. The summed E-state index contributed by atoms with van der Waals surface area (Å²) in [5, 5.41) is 4.87. The Hall–Kier alpha value is -5.08. The molecule has 6 aromatic carbocycles. The number of hydrogen-bond acceptors (Lipinski definition) is 1. The fraction of sp³-hybridized carbons (Fsp3) is 0.0769. The predicted octanol–water partition coefficient (Wildman–Crippen LogP) is 10.7. The molecule has 2 nitrogen and oxygen atoms in total. The van der Waals surface area contributed by atoms with Crippen LogP contribution < -0.4 is 0 Å². The molecule has 0 N–H and O–H groups in total. The van der Waals surface area contributed by atoms with Crippen LogP contribution in [0.3, 0.4) is 0 Å². The molecule has 194 valence electrons. The minimum atomic E-state index is -0.126. The van der Waals surface area contributed by atoms with Crippen LogP contribution in [0.1, 0.15) is 25.0 Å². The molecule has 0 saturated carbocycles. The molecule has 0 amide bonds. The highest BCUT2D eigenvalue weighted by atomic mass is 16.3. The lowest BCUT2D eigenvalue weighted by Gasteiger charge is -2.23. The molecule has 2 heteroatoms. The van der Waals surface area contributed by atoms with Gasteiger partial charge in [0.05, 0.1) is 11.0 Å². The molecular weight excluding hydrogens is 498 g/mol. The van der Waals surface area contributed by atoms with Gasteiger partial charge in [-0.25, -0.2) is 0 Å². The number of benzene rings is 6. The van der Waals surface area contributed by atoms with E-state index in [0.29, 0.717) is 0 Å². The largest absolute Gasteiger partial charge is 0.456 e. The van der Waals surface area contributed by atoms with Crippen LogP contribution in [0.5, 0.6) is 0 Å². The number of furan rings is 1. The monoisotopic (exact) mass is 525 g/mol. The van der Waals surface area contributed by atoms with Gasteiger partial charge in [0.1, 0.15) is 11.2 Å². The summed E-state index contributed by atoms with van der Waals surface area (Å²) in [5.41, 5.74) is 13.3. The van der Waals surface area contributed by atoms with Gasteiger partial charge in [-0.1, -0.05) is 98.8 Å².